The van der Waals surface area contributed by atoms with E-state index in [-0.39, 0.29) is 81.7 Å². The number of anilines is 1. The van der Waals surface area contributed by atoms with E-state index in [2.05, 4.69) is 53.4 Å². The number of esters is 1. The van der Waals surface area contributed by atoms with Gasteiger partial charge in [-0.05, 0) is 98.3 Å². The number of ether oxygens (including phenoxy) is 5. The minimum Gasteiger partial charge on any atom is -0.508 e. The standard InChI is InChI=1S/C59H68N12O13S/c1-4-42-43-26-41(72)19-20-47(43)67-53-44(42)32-71-49(53)27-46-45(55(71)77)34-82-56(78)59(46,5-2)84-58(79)83-33-37-15-17-39(18-16-37)65-54(76)48(13-10-11-21-60)66-52(75)36-81-35-51(74)61-22-24-80-25-23-70-31-40(68-69-70)30-62-50(73)14-9-7-8-12-38-28-63-57(64-29-38)85-6-3/h15-20,26-29,31,48,72H,4-7,9-11,13-14,21-25,30,32-36,60H2,1-3H3,(H,61,74)(H,62,73)(H,65,76)(H,66,75)/t48-,59-/m0/s1. The lowest BCUT2D eigenvalue weighted by Crippen LogP contribution is -2.47. The fourth-order valence-electron chi connectivity index (χ4n) is 9.64. The highest BCUT2D eigenvalue weighted by Crippen LogP contribution is 2.42. The number of amides is 4. The molecule has 0 aliphatic carbocycles. The number of nitrogens with one attached hydrogen (secondary N) is 4. The van der Waals surface area contributed by atoms with Crippen molar-refractivity contribution in [2.75, 3.05) is 50.6 Å². The van der Waals surface area contributed by atoms with E-state index in [1.54, 1.807) is 95.1 Å². The van der Waals surface area contributed by atoms with Gasteiger partial charge in [0.05, 0.1) is 67.1 Å². The summed E-state index contributed by atoms with van der Waals surface area (Å²) in [4.78, 5) is 106. The third-order valence-corrected chi connectivity index (χ3v) is 14.7. The number of aromatic nitrogens is 7. The van der Waals surface area contributed by atoms with Crippen molar-refractivity contribution in [1.82, 2.24) is 50.5 Å². The van der Waals surface area contributed by atoms with Crippen LogP contribution in [0.1, 0.15) is 105 Å². The van der Waals surface area contributed by atoms with Gasteiger partial charge in [0.1, 0.15) is 43.9 Å². The Kier molecular flexibility index (Phi) is 22.1. The number of hydrogen-bond acceptors (Lipinski definition) is 20. The summed E-state index contributed by atoms with van der Waals surface area (Å²) in [7, 11) is 0. The van der Waals surface area contributed by atoms with Crippen LogP contribution in [0.5, 0.6) is 5.75 Å². The average Bonchev–Trinajstić information content (AvgIpc) is 4.33. The topological polar surface area (TPSA) is 334 Å². The molecule has 0 saturated heterocycles. The van der Waals surface area contributed by atoms with Gasteiger partial charge in [-0.3, -0.25) is 24.0 Å². The molecular formula is C59H68N12O13S. The van der Waals surface area contributed by atoms with Crippen molar-refractivity contribution in [1.29, 1.82) is 0 Å². The van der Waals surface area contributed by atoms with E-state index < -0.39 is 60.3 Å². The first-order valence-corrected chi connectivity index (χ1v) is 29.1. The number of phenolic OH excluding ortho intramolecular Hbond substituents is 1. The van der Waals surface area contributed by atoms with Crippen LogP contribution >= 0.6 is 11.8 Å². The van der Waals surface area contributed by atoms with Gasteiger partial charge in [0.2, 0.25) is 29.2 Å². The molecule has 0 radical (unpaired) electrons. The first-order chi connectivity index (χ1) is 41.2. The maximum Gasteiger partial charge on any atom is 0.510 e. The maximum absolute atomic E-state index is 14.1. The number of hydrogen-bond donors (Lipinski definition) is 6. The summed E-state index contributed by atoms with van der Waals surface area (Å²) in [5.41, 5.74) is 9.21. The van der Waals surface area contributed by atoms with Crippen LogP contribution in [-0.4, -0.2) is 127 Å². The number of nitrogens with two attached hydrogens (primary N) is 1. The van der Waals surface area contributed by atoms with Crippen LogP contribution in [0.15, 0.2) is 77.1 Å². The highest BCUT2D eigenvalue weighted by molar-refractivity contribution is 7.99. The first-order valence-electron chi connectivity index (χ1n) is 28.1. The van der Waals surface area contributed by atoms with Crippen LogP contribution in [0.4, 0.5) is 10.5 Å². The Hall–Kier alpha value is -8.77. The van der Waals surface area contributed by atoms with Gasteiger partial charge in [0, 0.05) is 54.0 Å². The van der Waals surface area contributed by atoms with Crippen molar-refractivity contribution in [2.45, 2.75) is 122 Å². The largest absolute Gasteiger partial charge is 0.510 e. The SMILES string of the molecule is CCSc1ncc(C#CCCCC(=O)NCc2cn(CCOCCNC(=O)COCC(=O)N[C@@H](CCCCN)C(=O)Nc3ccc(COC(=O)O[C@]4(CC)C(=O)OCc5c4cc4n(c5=O)Cc5c-4nc4ccc(O)cc4c5CC)cc3)nn2)cn1. The van der Waals surface area contributed by atoms with Crippen LogP contribution in [0, 0.1) is 11.8 Å². The first kappa shape index (κ1) is 62.3. The van der Waals surface area contributed by atoms with Gasteiger partial charge < -0.3 is 60.4 Å². The summed E-state index contributed by atoms with van der Waals surface area (Å²) < 4.78 is 30.9. The molecule has 25 nitrogen and oxygen atoms in total. The van der Waals surface area contributed by atoms with Gasteiger partial charge in [-0.25, -0.2) is 29.2 Å². The fraction of sp³-hybridized carbons (Fsp3) is 0.424. The molecule has 2 aromatic carbocycles. The zero-order valence-corrected chi connectivity index (χ0v) is 48.3. The van der Waals surface area contributed by atoms with E-state index in [4.69, 9.17) is 34.4 Å². The van der Waals surface area contributed by atoms with Gasteiger partial charge >= 0.3 is 12.1 Å². The normalized spacial score (nSPS) is 14.2. The molecule has 0 saturated carbocycles. The smallest absolute Gasteiger partial charge is 0.508 e. The zero-order valence-electron chi connectivity index (χ0n) is 47.5. The van der Waals surface area contributed by atoms with Crippen molar-refractivity contribution in [3.63, 3.8) is 0 Å². The highest BCUT2D eigenvalue weighted by Gasteiger charge is 2.51. The minimum absolute atomic E-state index is 0.0760. The summed E-state index contributed by atoms with van der Waals surface area (Å²) in [5, 5.41) is 30.8. The second-order valence-electron chi connectivity index (χ2n) is 19.8. The minimum atomic E-state index is -2.00. The third kappa shape index (κ3) is 16.3. The number of thioether (sulfide) groups is 1. The number of phenols is 1. The number of aryl methyl sites for hydroxylation is 1. The molecule has 7 N–H and O–H groups in total. The van der Waals surface area contributed by atoms with Gasteiger partial charge in [0.15, 0.2) is 5.16 Å². The quantitative estimate of drug-likeness (QED) is 0.0124. The summed E-state index contributed by atoms with van der Waals surface area (Å²) in [6, 6.07) is 12.0. The number of pyridine rings is 2. The number of aromatic hydroxyl groups is 1. The summed E-state index contributed by atoms with van der Waals surface area (Å²) in [5.74, 6) is 4.47. The average molecular weight is 1190 g/mol. The number of cyclic esters (lactones) is 1. The Labute approximate surface area is 493 Å². The predicted molar refractivity (Wildman–Crippen MR) is 310 cm³/mol. The lowest BCUT2D eigenvalue weighted by molar-refractivity contribution is -0.175. The molecule has 2 aliphatic rings. The number of rotatable bonds is 29. The molecule has 2 atom stereocenters. The number of nitrogens with zero attached hydrogens (tertiary/aromatic N) is 7. The van der Waals surface area contributed by atoms with Crippen LogP contribution in [0.2, 0.25) is 0 Å². The van der Waals surface area contributed by atoms with Crippen LogP contribution in [0.3, 0.4) is 0 Å². The van der Waals surface area contributed by atoms with Crippen molar-refractivity contribution in [3.05, 3.63) is 117 Å². The Balaban J connectivity index is 0.723. The van der Waals surface area contributed by atoms with Gasteiger partial charge in [-0.2, -0.15) is 0 Å². The predicted octanol–water partition coefficient (Wildman–Crippen LogP) is 4.44. The molecule has 0 unspecified atom stereocenters. The van der Waals surface area contributed by atoms with Crippen LogP contribution in [0.25, 0.3) is 22.3 Å². The number of benzene rings is 2. The van der Waals surface area contributed by atoms with E-state index in [1.165, 1.54) is 0 Å². The molecule has 4 aromatic heterocycles. The molecule has 26 heteroatoms. The van der Waals surface area contributed by atoms with Crippen LogP contribution < -0.4 is 32.6 Å². The molecule has 6 heterocycles. The second kappa shape index (κ2) is 30.2. The van der Waals surface area contributed by atoms with E-state index in [0.29, 0.717) is 90.6 Å². The summed E-state index contributed by atoms with van der Waals surface area (Å²) in [6.07, 6.45) is 7.33. The van der Waals surface area contributed by atoms with E-state index >= 15 is 0 Å². The maximum atomic E-state index is 14.1. The Bertz CT molecular complexity index is 3510. The number of unbranched alkanes of at least 4 members (excludes halogenated alkanes) is 2. The molecule has 0 spiro atoms. The third-order valence-electron chi connectivity index (χ3n) is 13.9. The molecule has 0 fully saturated rings. The molecule has 4 amide bonds. The molecular weight excluding hydrogens is 1120 g/mol. The highest BCUT2D eigenvalue weighted by atomic mass is 32.2. The van der Waals surface area contributed by atoms with Gasteiger partial charge in [-0.1, -0.05) is 61.7 Å². The van der Waals surface area contributed by atoms with Crippen molar-refractivity contribution < 1.29 is 57.6 Å². The molecule has 2 aliphatic heterocycles. The van der Waals surface area contributed by atoms with E-state index in [9.17, 15) is 38.7 Å². The van der Waals surface area contributed by atoms with E-state index in [0.717, 1.165) is 27.8 Å². The Morgan fingerprint density at radius 1 is 0.929 bits per heavy atom. The molecule has 6 aromatic rings. The molecule has 448 valence electrons. The summed E-state index contributed by atoms with van der Waals surface area (Å²) in [6.45, 7) is 6.03. The Morgan fingerprint density at radius 3 is 2.49 bits per heavy atom. The number of fused-ring (bicyclic) bond motifs is 5. The van der Waals surface area contributed by atoms with Gasteiger partial charge in [0.25, 0.3) is 5.56 Å². The summed E-state index contributed by atoms with van der Waals surface area (Å²) >= 11 is 1.56. The van der Waals surface area contributed by atoms with Crippen molar-refractivity contribution in [3.8, 4) is 29.0 Å². The van der Waals surface area contributed by atoms with Crippen molar-refractivity contribution >= 4 is 64.1 Å². The Morgan fingerprint density at radius 2 is 1.73 bits per heavy atom. The number of carbonyl (C=O) groups excluding carboxylic acids is 6. The van der Waals surface area contributed by atoms with Crippen LogP contribution in [-0.2, 0) is 92.5 Å². The number of carbonyl (C=O) groups is 6. The van der Waals surface area contributed by atoms with E-state index in [1.807, 2.05) is 13.8 Å². The second-order valence-corrected chi connectivity index (χ2v) is 21.1. The molecule has 85 heavy (non-hydrogen) atoms. The monoisotopic (exact) mass is 1180 g/mol. The molecule has 8 rings (SSSR count). The lowest BCUT2D eigenvalue weighted by atomic mass is 9.85. The van der Waals surface area contributed by atoms with Gasteiger partial charge in [-0.15, -0.1) is 5.10 Å². The van der Waals surface area contributed by atoms with Crippen molar-refractivity contribution in [2.24, 2.45) is 5.73 Å². The lowest BCUT2D eigenvalue weighted by Gasteiger charge is -2.35. The molecule has 0 bridgehead atoms. The zero-order chi connectivity index (χ0) is 60.3. The fourth-order valence-corrected chi connectivity index (χ4v) is 10.2.